The fourth-order valence-electron chi connectivity index (χ4n) is 6.50. The van der Waals surface area contributed by atoms with Crippen LogP contribution in [0.15, 0.2) is 11.1 Å². The standard InChI is InChI=1S/C24H40O2/c1-5-24(25-16-22(2,3)17-26-24)15-11-18-8-6-9-20-19(18)12-14-23(4)13-7-10-21(20)23/h20-21H,5-17H2,1-4H3. The van der Waals surface area contributed by atoms with Crippen LogP contribution in [0.5, 0.6) is 0 Å². The number of fused-ring (bicyclic) bond motifs is 3. The van der Waals surface area contributed by atoms with E-state index in [0.29, 0.717) is 5.41 Å². The van der Waals surface area contributed by atoms with Gasteiger partial charge in [0, 0.05) is 11.8 Å². The van der Waals surface area contributed by atoms with Gasteiger partial charge < -0.3 is 9.47 Å². The Labute approximate surface area is 161 Å². The van der Waals surface area contributed by atoms with Crippen molar-refractivity contribution in [3.05, 3.63) is 11.1 Å². The van der Waals surface area contributed by atoms with E-state index in [1.165, 1.54) is 57.8 Å². The maximum atomic E-state index is 6.30. The average molecular weight is 361 g/mol. The molecular weight excluding hydrogens is 320 g/mol. The molecule has 2 heteroatoms. The molecule has 0 aromatic heterocycles. The lowest BCUT2D eigenvalue weighted by atomic mass is 9.59. The van der Waals surface area contributed by atoms with E-state index in [1.54, 1.807) is 5.57 Å². The summed E-state index contributed by atoms with van der Waals surface area (Å²) in [6.07, 6.45) is 14.7. The van der Waals surface area contributed by atoms with Crippen LogP contribution in [0.3, 0.4) is 0 Å². The molecule has 4 rings (SSSR count). The number of ether oxygens (including phenoxy) is 2. The molecular formula is C24H40O2. The second-order valence-electron chi connectivity index (χ2n) is 10.8. The van der Waals surface area contributed by atoms with E-state index >= 15 is 0 Å². The van der Waals surface area contributed by atoms with Crippen LogP contribution in [-0.4, -0.2) is 19.0 Å². The highest BCUT2D eigenvalue weighted by molar-refractivity contribution is 5.25. The molecule has 3 unspecified atom stereocenters. The summed E-state index contributed by atoms with van der Waals surface area (Å²) in [7, 11) is 0. The quantitative estimate of drug-likeness (QED) is 0.523. The first kappa shape index (κ1) is 19.0. The Morgan fingerprint density at radius 1 is 0.962 bits per heavy atom. The topological polar surface area (TPSA) is 18.5 Å². The first-order valence-corrected chi connectivity index (χ1v) is 11.4. The Bertz CT molecular complexity index is 551. The van der Waals surface area contributed by atoms with Crippen LogP contribution in [0.1, 0.15) is 98.3 Å². The third-order valence-corrected chi connectivity index (χ3v) is 8.30. The lowest BCUT2D eigenvalue weighted by Gasteiger charge is -2.47. The number of rotatable bonds is 4. The number of hydrogen-bond acceptors (Lipinski definition) is 2. The fraction of sp³-hybridized carbons (Fsp3) is 0.917. The second-order valence-corrected chi connectivity index (χ2v) is 10.8. The molecule has 1 saturated heterocycles. The molecule has 3 fully saturated rings. The van der Waals surface area contributed by atoms with E-state index in [4.69, 9.17) is 9.47 Å². The SMILES string of the molecule is CCC1(CCC2=C3CCC4(C)CCCC4C3CCC2)OCC(C)(C)CO1. The van der Waals surface area contributed by atoms with Crippen molar-refractivity contribution in [2.45, 2.75) is 104 Å². The van der Waals surface area contributed by atoms with Crippen molar-refractivity contribution in [1.82, 2.24) is 0 Å². The molecule has 0 radical (unpaired) electrons. The minimum Gasteiger partial charge on any atom is -0.349 e. The molecule has 3 aliphatic carbocycles. The van der Waals surface area contributed by atoms with Crippen molar-refractivity contribution < 1.29 is 9.47 Å². The van der Waals surface area contributed by atoms with Gasteiger partial charge in [0.05, 0.1) is 13.2 Å². The van der Waals surface area contributed by atoms with E-state index in [1.807, 2.05) is 5.57 Å². The van der Waals surface area contributed by atoms with Gasteiger partial charge in [0.15, 0.2) is 5.79 Å². The Kier molecular flexibility index (Phi) is 5.06. The summed E-state index contributed by atoms with van der Waals surface area (Å²) in [5, 5.41) is 0. The zero-order valence-corrected chi connectivity index (χ0v) is 17.7. The third kappa shape index (κ3) is 3.41. The van der Waals surface area contributed by atoms with Gasteiger partial charge in [0.25, 0.3) is 0 Å². The van der Waals surface area contributed by atoms with E-state index in [2.05, 4.69) is 27.7 Å². The highest BCUT2D eigenvalue weighted by atomic mass is 16.7. The van der Waals surface area contributed by atoms with Crippen LogP contribution in [0.2, 0.25) is 0 Å². The molecule has 2 saturated carbocycles. The molecule has 0 aromatic rings. The largest absolute Gasteiger partial charge is 0.349 e. The molecule has 0 aromatic carbocycles. The maximum Gasteiger partial charge on any atom is 0.168 e. The molecule has 0 amide bonds. The minimum absolute atomic E-state index is 0.160. The summed E-state index contributed by atoms with van der Waals surface area (Å²) in [6.45, 7) is 11.0. The Morgan fingerprint density at radius 3 is 2.46 bits per heavy atom. The summed E-state index contributed by atoms with van der Waals surface area (Å²) < 4.78 is 12.6. The van der Waals surface area contributed by atoms with Crippen LogP contribution >= 0.6 is 0 Å². The van der Waals surface area contributed by atoms with Gasteiger partial charge in [-0.05, 0) is 75.0 Å². The smallest absolute Gasteiger partial charge is 0.168 e. The van der Waals surface area contributed by atoms with Gasteiger partial charge in [-0.25, -0.2) is 0 Å². The first-order chi connectivity index (χ1) is 12.4. The normalized spacial score (nSPS) is 38.8. The number of allylic oxidation sites excluding steroid dienone is 2. The van der Waals surface area contributed by atoms with Crippen molar-refractivity contribution in [2.75, 3.05) is 13.2 Å². The Morgan fingerprint density at radius 2 is 1.73 bits per heavy atom. The first-order valence-electron chi connectivity index (χ1n) is 11.4. The molecule has 1 aliphatic heterocycles. The zero-order chi connectivity index (χ0) is 18.4. The van der Waals surface area contributed by atoms with Gasteiger partial charge >= 0.3 is 0 Å². The third-order valence-electron chi connectivity index (χ3n) is 8.30. The predicted octanol–water partition coefficient (Wildman–Crippen LogP) is 6.64. The zero-order valence-electron chi connectivity index (χ0n) is 17.7. The molecule has 148 valence electrons. The van der Waals surface area contributed by atoms with E-state index in [-0.39, 0.29) is 11.2 Å². The van der Waals surface area contributed by atoms with Gasteiger partial charge in [0.2, 0.25) is 0 Å². The monoisotopic (exact) mass is 360 g/mol. The summed E-state index contributed by atoms with van der Waals surface area (Å²) in [4.78, 5) is 0. The van der Waals surface area contributed by atoms with Gasteiger partial charge in [-0.2, -0.15) is 0 Å². The summed E-state index contributed by atoms with van der Waals surface area (Å²) in [6, 6.07) is 0. The molecule has 1 heterocycles. The highest BCUT2D eigenvalue weighted by Crippen LogP contribution is 2.59. The molecule has 26 heavy (non-hydrogen) atoms. The molecule has 2 nitrogen and oxygen atoms in total. The van der Waals surface area contributed by atoms with E-state index < -0.39 is 0 Å². The lowest BCUT2D eigenvalue weighted by Crippen LogP contribution is -2.47. The van der Waals surface area contributed by atoms with Crippen LogP contribution in [0.25, 0.3) is 0 Å². The van der Waals surface area contributed by atoms with Gasteiger partial charge in [-0.3, -0.25) is 0 Å². The highest BCUT2D eigenvalue weighted by Gasteiger charge is 2.48. The second kappa shape index (κ2) is 6.92. The molecule has 0 spiro atoms. The van der Waals surface area contributed by atoms with Crippen molar-refractivity contribution >= 4 is 0 Å². The maximum absolute atomic E-state index is 6.30. The lowest BCUT2D eigenvalue weighted by molar-refractivity contribution is -0.302. The van der Waals surface area contributed by atoms with E-state index in [0.717, 1.165) is 37.9 Å². The summed E-state index contributed by atoms with van der Waals surface area (Å²) in [5.41, 5.74) is 4.48. The Hall–Kier alpha value is -0.340. The van der Waals surface area contributed by atoms with Crippen LogP contribution in [0, 0.1) is 22.7 Å². The minimum atomic E-state index is -0.327. The van der Waals surface area contributed by atoms with Gasteiger partial charge in [-0.1, -0.05) is 45.3 Å². The Balaban J connectivity index is 1.47. The van der Waals surface area contributed by atoms with Crippen molar-refractivity contribution in [3.8, 4) is 0 Å². The predicted molar refractivity (Wildman–Crippen MR) is 107 cm³/mol. The van der Waals surface area contributed by atoms with Crippen molar-refractivity contribution in [1.29, 1.82) is 0 Å². The molecule has 0 bridgehead atoms. The molecule has 3 atom stereocenters. The van der Waals surface area contributed by atoms with Crippen LogP contribution in [0.4, 0.5) is 0 Å². The molecule has 4 aliphatic rings. The molecule has 0 N–H and O–H groups in total. The summed E-state index contributed by atoms with van der Waals surface area (Å²) in [5.74, 6) is 1.56. The fourth-order valence-corrected chi connectivity index (χ4v) is 6.50. The number of hydrogen-bond donors (Lipinski definition) is 0. The van der Waals surface area contributed by atoms with Gasteiger partial charge in [-0.15, -0.1) is 0 Å². The van der Waals surface area contributed by atoms with Crippen molar-refractivity contribution in [2.24, 2.45) is 22.7 Å². The van der Waals surface area contributed by atoms with Crippen LogP contribution in [-0.2, 0) is 9.47 Å². The van der Waals surface area contributed by atoms with E-state index in [9.17, 15) is 0 Å². The van der Waals surface area contributed by atoms with Crippen molar-refractivity contribution in [3.63, 3.8) is 0 Å². The summed E-state index contributed by atoms with van der Waals surface area (Å²) >= 11 is 0. The van der Waals surface area contributed by atoms with Crippen LogP contribution < -0.4 is 0 Å². The van der Waals surface area contributed by atoms with Gasteiger partial charge in [0.1, 0.15) is 0 Å². The average Bonchev–Trinajstić information content (AvgIpc) is 3.03.